The third-order valence-electron chi connectivity index (χ3n) is 4.51. The highest BCUT2D eigenvalue weighted by atomic mass is 32.2. The number of carbonyl (C=O) groups is 2. The lowest BCUT2D eigenvalue weighted by Crippen LogP contribution is -2.37. The topological polar surface area (TPSA) is 95.6 Å². The number of nitrogens with zero attached hydrogens (tertiary/aromatic N) is 1. The van der Waals surface area contributed by atoms with Crippen molar-refractivity contribution < 1.29 is 18.0 Å². The molecule has 0 bridgehead atoms. The van der Waals surface area contributed by atoms with Crippen molar-refractivity contribution in [1.29, 1.82) is 0 Å². The Labute approximate surface area is 181 Å². The van der Waals surface area contributed by atoms with Gasteiger partial charge in [0.1, 0.15) is 6.54 Å². The molecule has 0 radical (unpaired) electrons. The van der Waals surface area contributed by atoms with Crippen LogP contribution in [0.5, 0.6) is 0 Å². The molecule has 0 saturated heterocycles. The molecule has 3 rings (SSSR count). The minimum atomic E-state index is -3.67. The van der Waals surface area contributed by atoms with Crippen molar-refractivity contribution in [3.63, 3.8) is 0 Å². The van der Waals surface area contributed by atoms with Crippen LogP contribution in [0.4, 0.5) is 17.1 Å². The highest BCUT2D eigenvalue weighted by Crippen LogP contribution is 2.22. The average Bonchev–Trinajstić information content (AvgIpc) is 2.73. The summed E-state index contributed by atoms with van der Waals surface area (Å²) in [5.41, 5.74) is 2.65. The molecule has 3 aromatic rings. The first kappa shape index (κ1) is 22.0. The van der Waals surface area contributed by atoms with E-state index in [1.165, 1.54) is 0 Å². The summed E-state index contributed by atoms with van der Waals surface area (Å²) in [5, 5.41) is 5.46. The lowest BCUT2D eigenvalue weighted by molar-refractivity contribution is -0.114. The zero-order valence-electron chi connectivity index (χ0n) is 17.2. The quantitative estimate of drug-likeness (QED) is 0.590. The van der Waals surface area contributed by atoms with Crippen molar-refractivity contribution in [2.75, 3.05) is 27.7 Å². The molecule has 0 aliphatic rings. The van der Waals surface area contributed by atoms with Gasteiger partial charge in [0.05, 0.1) is 11.9 Å². The van der Waals surface area contributed by atoms with E-state index in [0.717, 1.165) is 16.1 Å². The normalized spacial score (nSPS) is 10.9. The van der Waals surface area contributed by atoms with Crippen molar-refractivity contribution in [1.82, 2.24) is 0 Å². The standard InChI is InChI=1S/C23H23N3O4S/c1-17-9-6-7-14-21(17)26(31(2,29)30)16-22(27)24-19-12-8-13-20(15-19)25-23(28)18-10-4-3-5-11-18/h3-15H,16H2,1-2H3,(H,24,27)(H,25,28). The van der Waals surface area contributed by atoms with Crippen LogP contribution in [-0.2, 0) is 14.8 Å². The zero-order chi connectivity index (χ0) is 22.4. The minimum absolute atomic E-state index is 0.271. The van der Waals surface area contributed by atoms with Crippen molar-refractivity contribution in [3.8, 4) is 0 Å². The molecule has 0 heterocycles. The number of aryl methyl sites for hydroxylation is 1. The maximum atomic E-state index is 12.6. The summed E-state index contributed by atoms with van der Waals surface area (Å²) < 4.78 is 25.6. The van der Waals surface area contributed by atoms with E-state index in [-0.39, 0.29) is 12.5 Å². The van der Waals surface area contributed by atoms with Crippen LogP contribution in [0.3, 0.4) is 0 Å². The van der Waals surface area contributed by atoms with Gasteiger partial charge in [-0.1, -0.05) is 42.5 Å². The molecule has 2 amide bonds. The molecule has 160 valence electrons. The van der Waals surface area contributed by atoms with Crippen molar-refractivity contribution in [2.24, 2.45) is 0 Å². The molecule has 31 heavy (non-hydrogen) atoms. The summed E-state index contributed by atoms with van der Waals surface area (Å²) in [6.07, 6.45) is 1.06. The lowest BCUT2D eigenvalue weighted by Gasteiger charge is -2.23. The first-order valence-corrected chi connectivity index (χ1v) is 11.4. The highest BCUT2D eigenvalue weighted by molar-refractivity contribution is 7.92. The van der Waals surface area contributed by atoms with Gasteiger partial charge in [-0.25, -0.2) is 8.42 Å². The summed E-state index contributed by atoms with van der Waals surface area (Å²) in [6, 6.07) is 22.4. The molecule has 0 atom stereocenters. The smallest absolute Gasteiger partial charge is 0.255 e. The van der Waals surface area contributed by atoms with Gasteiger partial charge in [-0.2, -0.15) is 0 Å². The Morgan fingerprint density at radius 2 is 1.45 bits per heavy atom. The van der Waals surface area contributed by atoms with Gasteiger partial charge in [-0.15, -0.1) is 0 Å². The van der Waals surface area contributed by atoms with E-state index in [0.29, 0.717) is 22.6 Å². The number of benzene rings is 3. The summed E-state index contributed by atoms with van der Waals surface area (Å²) in [5.74, 6) is -0.771. The zero-order valence-corrected chi connectivity index (χ0v) is 18.0. The Hall–Kier alpha value is -3.65. The summed E-state index contributed by atoms with van der Waals surface area (Å²) in [7, 11) is -3.67. The van der Waals surface area contributed by atoms with Gasteiger partial charge < -0.3 is 10.6 Å². The van der Waals surface area contributed by atoms with Crippen LogP contribution in [-0.4, -0.2) is 33.0 Å². The van der Waals surface area contributed by atoms with E-state index in [4.69, 9.17) is 0 Å². The van der Waals surface area contributed by atoms with E-state index in [1.807, 2.05) is 6.07 Å². The molecular weight excluding hydrogens is 414 g/mol. The first-order valence-electron chi connectivity index (χ1n) is 9.54. The fourth-order valence-electron chi connectivity index (χ4n) is 3.02. The van der Waals surface area contributed by atoms with Gasteiger partial charge in [-0.3, -0.25) is 13.9 Å². The Bertz CT molecular complexity index is 1190. The number of para-hydroxylation sites is 1. The number of carbonyl (C=O) groups excluding carboxylic acids is 2. The minimum Gasteiger partial charge on any atom is -0.324 e. The molecule has 0 fully saturated rings. The molecule has 0 unspecified atom stereocenters. The number of rotatable bonds is 7. The van der Waals surface area contributed by atoms with Crippen LogP contribution in [0.1, 0.15) is 15.9 Å². The highest BCUT2D eigenvalue weighted by Gasteiger charge is 2.22. The second kappa shape index (κ2) is 9.44. The maximum Gasteiger partial charge on any atom is 0.255 e. The fraction of sp³-hybridized carbons (Fsp3) is 0.130. The summed E-state index contributed by atoms with van der Waals surface area (Å²) >= 11 is 0. The molecule has 8 heteroatoms. The average molecular weight is 438 g/mol. The van der Waals surface area contributed by atoms with Crippen molar-refractivity contribution in [2.45, 2.75) is 6.92 Å². The van der Waals surface area contributed by atoms with E-state index >= 15 is 0 Å². The lowest BCUT2D eigenvalue weighted by atomic mass is 10.2. The number of nitrogens with one attached hydrogen (secondary N) is 2. The molecule has 0 saturated carbocycles. The van der Waals surface area contributed by atoms with Crippen LogP contribution in [0.25, 0.3) is 0 Å². The Kier molecular flexibility index (Phi) is 6.71. The molecule has 0 spiro atoms. The van der Waals surface area contributed by atoms with Crippen LogP contribution in [0.15, 0.2) is 78.9 Å². The Morgan fingerprint density at radius 3 is 2.10 bits per heavy atom. The fourth-order valence-corrected chi connectivity index (χ4v) is 3.94. The second-order valence-corrected chi connectivity index (χ2v) is 8.91. The maximum absolute atomic E-state index is 12.6. The van der Waals surface area contributed by atoms with E-state index in [9.17, 15) is 18.0 Å². The molecular formula is C23H23N3O4S. The molecule has 7 nitrogen and oxygen atoms in total. The summed E-state index contributed by atoms with van der Waals surface area (Å²) in [6.45, 7) is 1.41. The Balaban J connectivity index is 1.72. The van der Waals surface area contributed by atoms with E-state index in [1.54, 1.807) is 79.7 Å². The molecule has 0 aliphatic heterocycles. The SMILES string of the molecule is Cc1ccccc1N(CC(=O)Nc1cccc(NC(=O)c2ccccc2)c1)S(C)(=O)=O. The third kappa shape index (κ3) is 5.93. The number of sulfonamides is 1. The van der Waals surface area contributed by atoms with Gasteiger partial charge in [0.2, 0.25) is 15.9 Å². The summed E-state index contributed by atoms with van der Waals surface area (Å²) in [4.78, 5) is 24.9. The van der Waals surface area contributed by atoms with Crippen LogP contribution in [0.2, 0.25) is 0 Å². The van der Waals surface area contributed by atoms with Gasteiger partial charge in [0.25, 0.3) is 5.91 Å². The predicted molar refractivity (Wildman–Crippen MR) is 123 cm³/mol. The van der Waals surface area contributed by atoms with Crippen LogP contribution >= 0.6 is 0 Å². The van der Waals surface area contributed by atoms with Gasteiger partial charge in [0, 0.05) is 16.9 Å². The number of anilines is 3. The van der Waals surface area contributed by atoms with Crippen molar-refractivity contribution >= 4 is 38.9 Å². The largest absolute Gasteiger partial charge is 0.324 e. The Morgan fingerprint density at radius 1 is 0.839 bits per heavy atom. The molecule has 0 aliphatic carbocycles. The monoisotopic (exact) mass is 437 g/mol. The third-order valence-corrected chi connectivity index (χ3v) is 5.64. The molecule has 2 N–H and O–H groups in total. The van der Waals surface area contributed by atoms with E-state index in [2.05, 4.69) is 10.6 Å². The van der Waals surface area contributed by atoms with Crippen LogP contribution in [0, 0.1) is 6.92 Å². The number of hydrogen-bond donors (Lipinski definition) is 2. The van der Waals surface area contributed by atoms with Gasteiger partial charge in [0.15, 0.2) is 0 Å². The van der Waals surface area contributed by atoms with E-state index < -0.39 is 15.9 Å². The first-order chi connectivity index (χ1) is 14.7. The molecule has 3 aromatic carbocycles. The van der Waals surface area contributed by atoms with Crippen molar-refractivity contribution in [3.05, 3.63) is 90.0 Å². The predicted octanol–water partition coefficient (Wildman–Crippen LogP) is 3.65. The van der Waals surface area contributed by atoms with Gasteiger partial charge >= 0.3 is 0 Å². The molecule has 0 aromatic heterocycles. The van der Waals surface area contributed by atoms with Crippen LogP contribution < -0.4 is 14.9 Å². The second-order valence-electron chi connectivity index (χ2n) is 7.01. The number of hydrogen-bond acceptors (Lipinski definition) is 4. The number of amides is 2. The van der Waals surface area contributed by atoms with Gasteiger partial charge in [-0.05, 0) is 48.9 Å².